The van der Waals surface area contributed by atoms with Gasteiger partial charge in [0, 0.05) is 20.0 Å². The minimum Gasteiger partial charge on any atom is -0.480 e. The normalized spacial score (nSPS) is 17.5. The Kier molecular flexibility index (Phi) is 4.40. The maximum Gasteiger partial charge on any atom is 0.326 e. The highest BCUT2D eigenvalue weighted by Gasteiger charge is 2.36. The lowest BCUT2D eigenvalue weighted by molar-refractivity contribution is -0.142. The molecule has 0 aromatic heterocycles. The fourth-order valence-electron chi connectivity index (χ4n) is 2.45. The van der Waals surface area contributed by atoms with Gasteiger partial charge in [0.2, 0.25) is 0 Å². The van der Waals surface area contributed by atoms with E-state index in [-0.39, 0.29) is 13.0 Å². The van der Waals surface area contributed by atoms with Gasteiger partial charge in [0.1, 0.15) is 6.04 Å². The average Bonchev–Trinajstić information content (AvgIpc) is 2.44. The van der Waals surface area contributed by atoms with Crippen LogP contribution < -0.4 is 0 Å². The molecule has 5 nitrogen and oxygen atoms in total. The Morgan fingerprint density at radius 1 is 1.38 bits per heavy atom. The van der Waals surface area contributed by atoms with Crippen LogP contribution in [0.15, 0.2) is 24.3 Å². The van der Waals surface area contributed by atoms with Crippen molar-refractivity contribution in [3.63, 3.8) is 0 Å². The summed E-state index contributed by atoms with van der Waals surface area (Å²) in [6, 6.07) is 5.49. The van der Waals surface area contributed by atoms with Gasteiger partial charge in [-0.25, -0.2) is 18.4 Å². The molecular formula is C14H16F2N2O3. The third-order valence-corrected chi connectivity index (χ3v) is 3.52. The van der Waals surface area contributed by atoms with Gasteiger partial charge in [-0.3, -0.25) is 0 Å². The number of nitrogens with zero attached hydrogens (tertiary/aromatic N) is 2. The quantitative estimate of drug-likeness (QED) is 0.926. The van der Waals surface area contributed by atoms with E-state index in [1.807, 2.05) is 6.07 Å². The van der Waals surface area contributed by atoms with Gasteiger partial charge in [-0.2, -0.15) is 0 Å². The smallest absolute Gasteiger partial charge is 0.326 e. The van der Waals surface area contributed by atoms with Crippen molar-refractivity contribution in [2.75, 3.05) is 13.6 Å². The second-order valence-corrected chi connectivity index (χ2v) is 5.01. The molecule has 0 fully saturated rings. The third-order valence-electron chi connectivity index (χ3n) is 3.52. The molecule has 0 unspecified atom stereocenters. The zero-order valence-electron chi connectivity index (χ0n) is 11.5. The molecule has 1 N–H and O–H groups in total. The van der Waals surface area contributed by atoms with Gasteiger partial charge < -0.3 is 14.9 Å². The number of alkyl halides is 2. The minimum absolute atomic E-state index is 0.111. The molecule has 1 atom stereocenters. The van der Waals surface area contributed by atoms with Crippen molar-refractivity contribution in [1.29, 1.82) is 0 Å². The standard InChI is InChI=1S/C14H16F2N2O3/c1-17(8-12(15)16)14(21)18-7-10-5-3-2-4-9(10)6-11(18)13(19)20/h2-5,11-12H,6-8H2,1H3,(H,19,20)/t11-/m1/s1. The van der Waals surface area contributed by atoms with E-state index in [9.17, 15) is 23.5 Å². The molecule has 0 saturated heterocycles. The molecule has 1 aliphatic heterocycles. The molecule has 1 aromatic rings. The van der Waals surface area contributed by atoms with E-state index >= 15 is 0 Å². The maximum absolute atomic E-state index is 12.4. The topological polar surface area (TPSA) is 60.9 Å². The molecule has 1 aliphatic rings. The number of urea groups is 1. The van der Waals surface area contributed by atoms with Gasteiger partial charge >= 0.3 is 12.0 Å². The summed E-state index contributed by atoms with van der Waals surface area (Å²) in [5.41, 5.74) is 1.71. The van der Waals surface area contributed by atoms with Crippen LogP contribution in [0.2, 0.25) is 0 Å². The van der Waals surface area contributed by atoms with E-state index < -0.39 is 31.0 Å². The van der Waals surface area contributed by atoms with Crippen LogP contribution >= 0.6 is 0 Å². The van der Waals surface area contributed by atoms with Crippen LogP contribution in [0.3, 0.4) is 0 Å². The first kappa shape index (κ1) is 15.2. The number of carboxylic acid groups (broad SMARTS) is 1. The Balaban J connectivity index is 2.24. The number of hydrogen-bond donors (Lipinski definition) is 1. The van der Waals surface area contributed by atoms with Gasteiger partial charge in [-0.1, -0.05) is 24.3 Å². The molecule has 21 heavy (non-hydrogen) atoms. The lowest BCUT2D eigenvalue weighted by atomic mass is 9.94. The first-order valence-corrected chi connectivity index (χ1v) is 6.49. The molecule has 2 rings (SSSR count). The van der Waals surface area contributed by atoms with Gasteiger partial charge in [-0.05, 0) is 11.1 Å². The Morgan fingerprint density at radius 3 is 2.57 bits per heavy atom. The van der Waals surface area contributed by atoms with Crippen LogP contribution in [-0.4, -0.2) is 53.0 Å². The van der Waals surface area contributed by atoms with Gasteiger partial charge in [0.15, 0.2) is 0 Å². The van der Waals surface area contributed by atoms with Crippen LogP contribution in [0.5, 0.6) is 0 Å². The molecule has 114 valence electrons. The van der Waals surface area contributed by atoms with Crippen LogP contribution in [0.4, 0.5) is 13.6 Å². The highest BCUT2D eigenvalue weighted by molar-refractivity contribution is 5.83. The molecule has 1 heterocycles. The number of carbonyl (C=O) groups is 2. The van der Waals surface area contributed by atoms with Gasteiger partial charge in [0.05, 0.1) is 6.54 Å². The minimum atomic E-state index is -2.65. The van der Waals surface area contributed by atoms with Crippen molar-refractivity contribution < 1.29 is 23.5 Å². The van der Waals surface area contributed by atoms with E-state index in [0.29, 0.717) is 0 Å². The summed E-state index contributed by atoms with van der Waals surface area (Å²) in [7, 11) is 1.24. The van der Waals surface area contributed by atoms with Crippen LogP contribution in [0.25, 0.3) is 0 Å². The fraction of sp³-hybridized carbons (Fsp3) is 0.429. The predicted molar refractivity (Wildman–Crippen MR) is 71.1 cm³/mol. The summed E-state index contributed by atoms with van der Waals surface area (Å²) in [6.45, 7) is -0.608. The van der Waals surface area contributed by atoms with Crippen LogP contribution in [0.1, 0.15) is 11.1 Å². The van der Waals surface area contributed by atoms with E-state index in [1.165, 1.54) is 7.05 Å². The Morgan fingerprint density at radius 2 is 2.00 bits per heavy atom. The van der Waals surface area contributed by atoms with Crippen molar-refractivity contribution in [1.82, 2.24) is 9.80 Å². The first-order valence-electron chi connectivity index (χ1n) is 6.49. The lowest BCUT2D eigenvalue weighted by Gasteiger charge is -2.36. The number of halogens is 2. The molecule has 0 bridgehead atoms. The second kappa shape index (κ2) is 6.07. The van der Waals surface area contributed by atoms with E-state index in [2.05, 4.69) is 0 Å². The summed E-state index contributed by atoms with van der Waals surface area (Å²) in [5, 5.41) is 9.29. The monoisotopic (exact) mass is 298 g/mol. The predicted octanol–water partition coefficient (Wildman–Crippen LogP) is 1.81. The number of rotatable bonds is 3. The van der Waals surface area contributed by atoms with E-state index in [4.69, 9.17) is 0 Å². The average molecular weight is 298 g/mol. The second-order valence-electron chi connectivity index (χ2n) is 5.01. The van der Waals surface area contributed by atoms with Crippen LogP contribution in [0, 0.1) is 0 Å². The highest BCUT2D eigenvalue weighted by atomic mass is 19.3. The first-order chi connectivity index (χ1) is 9.90. The molecule has 1 aromatic carbocycles. The van der Waals surface area contributed by atoms with Gasteiger partial charge in [-0.15, -0.1) is 0 Å². The summed E-state index contributed by atoms with van der Waals surface area (Å²) in [4.78, 5) is 25.6. The summed E-state index contributed by atoms with van der Waals surface area (Å²) < 4.78 is 24.8. The molecular weight excluding hydrogens is 282 g/mol. The van der Waals surface area contributed by atoms with Crippen molar-refractivity contribution in [3.05, 3.63) is 35.4 Å². The number of carboxylic acids is 1. The molecule has 0 spiro atoms. The van der Waals surface area contributed by atoms with Crippen molar-refractivity contribution in [3.8, 4) is 0 Å². The van der Waals surface area contributed by atoms with Gasteiger partial charge in [0.25, 0.3) is 6.43 Å². The van der Waals surface area contributed by atoms with Crippen molar-refractivity contribution in [2.45, 2.75) is 25.4 Å². The zero-order chi connectivity index (χ0) is 15.6. The lowest BCUT2D eigenvalue weighted by Crippen LogP contribution is -2.53. The van der Waals surface area contributed by atoms with E-state index in [1.54, 1.807) is 18.2 Å². The third kappa shape index (κ3) is 3.29. The molecule has 0 aliphatic carbocycles. The fourth-order valence-corrected chi connectivity index (χ4v) is 2.45. The van der Waals surface area contributed by atoms with Crippen molar-refractivity contribution >= 4 is 12.0 Å². The molecule has 0 radical (unpaired) electrons. The number of fused-ring (bicyclic) bond motifs is 1. The SMILES string of the molecule is CN(CC(F)F)C(=O)N1Cc2ccccc2C[C@@H]1C(=O)O. The zero-order valence-corrected chi connectivity index (χ0v) is 11.5. The number of aliphatic carboxylic acids is 1. The molecule has 7 heteroatoms. The number of benzene rings is 1. The van der Waals surface area contributed by atoms with Crippen molar-refractivity contribution in [2.24, 2.45) is 0 Å². The number of hydrogen-bond acceptors (Lipinski definition) is 2. The van der Waals surface area contributed by atoms with E-state index in [0.717, 1.165) is 20.9 Å². The maximum atomic E-state index is 12.4. The summed E-state index contributed by atoms with van der Waals surface area (Å²) in [5.74, 6) is -1.14. The molecule has 2 amide bonds. The Labute approximate surface area is 120 Å². The molecule has 0 saturated carbocycles. The summed E-state index contributed by atoms with van der Waals surface area (Å²) >= 11 is 0. The van der Waals surface area contributed by atoms with Crippen LogP contribution in [-0.2, 0) is 17.8 Å². The highest BCUT2D eigenvalue weighted by Crippen LogP contribution is 2.24. The Hall–Kier alpha value is -2.18. The number of amides is 2. The largest absolute Gasteiger partial charge is 0.480 e. The summed E-state index contributed by atoms with van der Waals surface area (Å²) in [6.07, 6.45) is -2.47. The Bertz CT molecular complexity index is 551. The number of carbonyl (C=O) groups excluding carboxylic acids is 1.